The zero-order chi connectivity index (χ0) is 21.8. The number of amides is 1. The topological polar surface area (TPSA) is 58.8 Å². The van der Waals surface area contributed by atoms with Crippen molar-refractivity contribution in [2.24, 2.45) is 5.92 Å². The van der Waals surface area contributed by atoms with E-state index in [9.17, 15) is 9.18 Å². The van der Waals surface area contributed by atoms with Crippen LogP contribution in [0.25, 0.3) is 11.3 Å². The lowest BCUT2D eigenvalue weighted by Crippen LogP contribution is -2.48. The number of aromatic nitrogens is 1. The van der Waals surface area contributed by atoms with Gasteiger partial charge in [0.25, 0.3) is 0 Å². The molecule has 4 rings (SSSR count). The van der Waals surface area contributed by atoms with E-state index < -0.39 is 0 Å². The number of carbonyl (C=O) groups excluding carboxylic acids is 1. The Morgan fingerprint density at radius 2 is 1.81 bits per heavy atom. The van der Waals surface area contributed by atoms with Crippen molar-refractivity contribution in [2.75, 3.05) is 32.7 Å². The van der Waals surface area contributed by atoms with Crippen molar-refractivity contribution in [3.63, 3.8) is 0 Å². The molecular formula is C24H32FN3O3. The SMILES string of the molecule is CC1CN(CC2CCN(C(=O)CCc3ncc(-c4ccc(F)cc4)o3)CC2)CC(C)O1. The molecule has 6 nitrogen and oxygen atoms in total. The van der Waals surface area contributed by atoms with Gasteiger partial charge in [0.2, 0.25) is 5.91 Å². The Hall–Kier alpha value is -2.25. The summed E-state index contributed by atoms with van der Waals surface area (Å²) in [4.78, 5) is 21.4. The molecule has 2 saturated heterocycles. The fourth-order valence-electron chi connectivity index (χ4n) is 4.71. The lowest BCUT2D eigenvalue weighted by atomic mass is 9.95. The van der Waals surface area contributed by atoms with Crippen LogP contribution in [0.1, 0.15) is 39.0 Å². The number of carbonyl (C=O) groups is 1. The molecule has 0 radical (unpaired) electrons. The highest BCUT2D eigenvalue weighted by Gasteiger charge is 2.28. The summed E-state index contributed by atoms with van der Waals surface area (Å²) in [5, 5.41) is 0. The third kappa shape index (κ3) is 5.92. The number of hydrogen-bond acceptors (Lipinski definition) is 5. The molecule has 0 aliphatic carbocycles. The first-order valence-corrected chi connectivity index (χ1v) is 11.3. The summed E-state index contributed by atoms with van der Waals surface area (Å²) in [5.41, 5.74) is 0.776. The van der Waals surface area contributed by atoms with Crippen LogP contribution in [0.2, 0.25) is 0 Å². The normalized spacial score (nSPS) is 23.3. The molecular weight excluding hydrogens is 397 g/mol. The van der Waals surface area contributed by atoms with Gasteiger partial charge in [-0.25, -0.2) is 9.37 Å². The molecule has 0 N–H and O–H groups in total. The van der Waals surface area contributed by atoms with Gasteiger partial charge in [-0.1, -0.05) is 0 Å². The molecule has 1 aromatic carbocycles. The van der Waals surface area contributed by atoms with E-state index in [2.05, 4.69) is 23.7 Å². The maximum atomic E-state index is 13.1. The van der Waals surface area contributed by atoms with Crippen molar-refractivity contribution in [2.45, 2.75) is 51.7 Å². The Morgan fingerprint density at radius 1 is 1.13 bits per heavy atom. The number of nitrogens with zero attached hydrogens (tertiary/aromatic N) is 3. The summed E-state index contributed by atoms with van der Waals surface area (Å²) >= 11 is 0. The molecule has 3 heterocycles. The molecule has 2 aliphatic rings. The number of piperidine rings is 1. The third-order valence-corrected chi connectivity index (χ3v) is 6.21. The first-order chi connectivity index (χ1) is 15.0. The first-order valence-electron chi connectivity index (χ1n) is 11.3. The molecule has 2 unspecified atom stereocenters. The largest absolute Gasteiger partial charge is 0.441 e. The maximum absolute atomic E-state index is 13.1. The average Bonchev–Trinajstić information content (AvgIpc) is 3.21. The Labute approximate surface area is 183 Å². The molecule has 2 fully saturated rings. The van der Waals surface area contributed by atoms with E-state index >= 15 is 0 Å². The quantitative estimate of drug-likeness (QED) is 0.700. The average molecular weight is 430 g/mol. The minimum atomic E-state index is -0.285. The summed E-state index contributed by atoms with van der Waals surface area (Å²) < 4.78 is 24.6. The number of rotatable bonds is 6. The number of hydrogen-bond donors (Lipinski definition) is 0. The fourth-order valence-corrected chi connectivity index (χ4v) is 4.71. The number of oxazole rings is 1. The van der Waals surface area contributed by atoms with E-state index in [1.54, 1.807) is 18.3 Å². The predicted molar refractivity (Wildman–Crippen MR) is 116 cm³/mol. The molecule has 0 saturated carbocycles. The van der Waals surface area contributed by atoms with Gasteiger partial charge in [0, 0.05) is 51.1 Å². The molecule has 2 atom stereocenters. The fraction of sp³-hybridized carbons (Fsp3) is 0.583. The maximum Gasteiger partial charge on any atom is 0.223 e. The summed E-state index contributed by atoms with van der Waals surface area (Å²) in [5.74, 6) is 1.65. The predicted octanol–water partition coefficient (Wildman–Crippen LogP) is 3.76. The van der Waals surface area contributed by atoms with E-state index in [1.807, 2.05) is 4.90 Å². The van der Waals surface area contributed by atoms with E-state index in [-0.39, 0.29) is 11.7 Å². The van der Waals surface area contributed by atoms with Crippen LogP contribution in [0, 0.1) is 11.7 Å². The van der Waals surface area contributed by atoms with Crippen LogP contribution in [-0.2, 0) is 16.0 Å². The molecule has 1 amide bonds. The third-order valence-electron chi connectivity index (χ3n) is 6.21. The van der Waals surface area contributed by atoms with Gasteiger partial charge in [-0.3, -0.25) is 9.69 Å². The summed E-state index contributed by atoms with van der Waals surface area (Å²) in [6.45, 7) is 9.03. The van der Waals surface area contributed by atoms with Crippen molar-refractivity contribution in [3.8, 4) is 11.3 Å². The Morgan fingerprint density at radius 3 is 2.48 bits per heavy atom. The molecule has 0 spiro atoms. The summed E-state index contributed by atoms with van der Waals surface area (Å²) in [6, 6.07) is 6.11. The smallest absolute Gasteiger partial charge is 0.223 e. The summed E-state index contributed by atoms with van der Waals surface area (Å²) in [6.07, 6.45) is 5.20. The van der Waals surface area contributed by atoms with Crippen LogP contribution < -0.4 is 0 Å². The molecule has 1 aromatic heterocycles. The zero-order valence-electron chi connectivity index (χ0n) is 18.4. The number of aryl methyl sites for hydroxylation is 1. The van der Waals surface area contributed by atoms with Crippen molar-refractivity contribution in [1.82, 2.24) is 14.8 Å². The molecule has 168 valence electrons. The second kappa shape index (κ2) is 9.92. The van der Waals surface area contributed by atoms with Gasteiger partial charge in [-0.05, 0) is 56.9 Å². The molecule has 7 heteroatoms. The Kier molecular flexibility index (Phi) is 7.02. The molecule has 2 aliphatic heterocycles. The zero-order valence-corrected chi connectivity index (χ0v) is 18.4. The Balaban J connectivity index is 1.20. The van der Waals surface area contributed by atoms with Crippen LogP contribution >= 0.6 is 0 Å². The number of ether oxygens (including phenoxy) is 1. The molecule has 0 bridgehead atoms. The van der Waals surface area contributed by atoms with Crippen molar-refractivity contribution < 1.29 is 18.3 Å². The molecule has 31 heavy (non-hydrogen) atoms. The van der Waals surface area contributed by atoms with Crippen LogP contribution in [0.5, 0.6) is 0 Å². The monoisotopic (exact) mass is 429 g/mol. The Bertz CT molecular complexity index is 851. The second-order valence-electron chi connectivity index (χ2n) is 8.93. The van der Waals surface area contributed by atoms with Crippen molar-refractivity contribution in [1.29, 1.82) is 0 Å². The standard InChI is InChI=1S/C24H32FN3O3/c1-17-14-27(15-18(2)30-17)16-19-9-11-28(12-10-19)24(29)8-7-23-26-13-22(31-23)20-3-5-21(25)6-4-20/h3-6,13,17-19H,7-12,14-16H2,1-2H3. The van der Waals surface area contributed by atoms with E-state index in [0.29, 0.717) is 42.6 Å². The van der Waals surface area contributed by atoms with Crippen molar-refractivity contribution >= 4 is 5.91 Å². The van der Waals surface area contributed by atoms with E-state index in [4.69, 9.17) is 9.15 Å². The highest BCUT2D eigenvalue weighted by Crippen LogP contribution is 2.23. The van der Waals surface area contributed by atoms with Crippen molar-refractivity contribution in [3.05, 3.63) is 42.2 Å². The lowest BCUT2D eigenvalue weighted by molar-refractivity contribution is -0.132. The van der Waals surface area contributed by atoms with Crippen LogP contribution in [0.15, 0.2) is 34.9 Å². The number of benzene rings is 1. The number of morpholine rings is 1. The van der Waals surface area contributed by atoms with Crippen LogP contribution in [0.4, 0.5) is 4.39 Å². The second-order valence-corrected chi connectivity index (χ2v) is 8.93. The number of likely N-dealkylation sites (tertiary alicyclic amines) is 1. The van der Waals surface area contributed by atoms with Gasteiger partial charge in [0.1, 0.15) is 5.82 Å². The minimum Gasteiger partial charge on any atom is -0.441 e. The highest BCUT2D eigenvalue weighted by molar-refractivity contribution is 5.76. The molecule has 2 aromatic rings. The van der Waals surface area contributed by atoms with Crippen LogP contribution in [0.3, 0.4) is 0 Å². The van der Waals surface area contributed by atoms with Gasteiger partial charge in [-0.15, -0.1) is 0 Å². The van der Waals surface area contributed by atoms with Gasteiger partial charge < -0.3 is 14.1 Å². The first kappa shape index (κ1) is 22.0. The van der Waals surface area contributed by atoms with Gasteiger partial charge in [0.15, 0.2) is 11.7 Å². The van der Waals surface area contributed by atoms with Gasteiger partial charge >= 0.3 is 0 Å². The van der Waals surface area contributed by atoms with E-state index in [1.165, 1.54) is 12.1 Å². The lowest BCUT2D eigenvalue weighted by Gasteiger charge is -2.39. The highest BCUT2D eigenvalue weighted by atomic mass is 19.1. The minimum absolute atomic E-state index is 0.161. The number of halogens is 1. The van der Waals surface area contributed by atoms with E-state index in [0.717, 1.165) is 51.1 Å². The van der Waals surface area contributed by atoms with Gasteiger partial charge in [0.05, 0.1) is 18.4 Å². The van der Waals surface area contributed by atoms with Crippen LogP contribution in [-0.4, -0.2) is 65.6 Å². The van der Waals surface area contributed by atoms with Gasteiger partial charge in [-0.2, -0.15) is 0 Å². The summed E-state index contributed by atoms with van der Waals surface area (Å²) in [7, 11) is 0.